The molecule has 4 rings (SSSR count). The van der Waals surface area contributed by atoms with Crippen molar-refractivity contribution in [1.82, 2.24) is 9.47 Å². The average molecular weight is 282 g/mol. The molecule has 2 aliphatic rings. The van der Waals surface area contributed by atoms with Crippen molar-refractivity contribution in [3.63, 3.8) is 0 Å². The summed E-state index contributed by atoms with van der Waals surface area (Å²) >= 11 is 0. The van der Waals surface area contributed by atoms with Gasteiger partial charge in [0.2, 0.25) is 0 Å². The lowest BCUT2D eigenvalue weighted by Crippen LogP contribution is -2.33. The Kier molecular flexibility index (Phi) is 3.30. The first-order valence-corrected chi connectivity index (χ1v) is 8.53. The molecule has 0 aliphatic heterocycles. The van der Waals surface area contributed by atoms with Gasteiger partial charge in [-0.2, -0.15) is 0 Å². The van der Waals surface area contributed by atoms with Gasteiger partial charge in [0.25, 0.3) is 0 Å². The van der Waals surface area contributed by atoms with Crippen molar-refractivity contribution >= 4 is 10.9 Å². The minimum atomic E-state index is 0.709. The van der Waals surface area contributed by atoms with Crippen LogP contribution < -0.4 is 0 Å². The Hall–Kier alpha value is -1.28. The van der Waals surface area contributed by atoms with Crippen LogP contribution in [0.5, 0.6) is 0 Å². The lowest BCUT2D eigenvalue weighted by atomic mass is 9.90. The molecule has 2 nitrogen and oxygen atoms in total. The molecule has 1 unspecified atom stereocenters. The Morgan fingerprint density at radius 3 is 2.57 bits per heavy atom. The lowest BCUT2D eigenvalue weighted by Gasteiger charge is -2.30. The number of likely N-dealkylation sites (N-methyl/N-ethyl adjacent to an activating group) is 1. The summed E-state index contributed by atoms with van der Waals surface area (Å²) in [5.74, 6) is 0. The third-order valence-electron chi connectivity index (χ3n) is 5.70. The normalized spacial score (nSPS) is 23.1. The summed E-state index contributed by atoms with van der Waals surface area (Å²) in [6.07, 6.45) is 9.36. The molecule has 2 aromatic rings. The second-order valence-electron chi connectivity index (χ2n) is 7.11. The van der Waals surface area contributed by atoms with E-state index in [1.165, 1.54) is 55.8 Å². The Labute approximate surface area is 127 Å². The van der Waals surface area contributed by atoms with Crippen LogP contribution in [0.25, 0.3) is 10.9 Å². The van der Waals surface area contributed by atoms with E-state index in [1.807, 2.05) is 0 Å². The third-order valence-corrected chi connectivity index (χ3v) is 5.70. The van der Waals surface area contributed by atoms with Crippen LogP contribution in [0.4, 0.5) is 0 Å². The molecule has 0 spiro atoms. The summed E-state index contributed by atoms with van der Waals surface area (Å²) in [4.78, 5) is 2.41. The summed E-state index contributed by atoms with van der Waals surface area (Å²) in [6, 6.07) is 10.6. The molecule has 1 aromatic carbocycles. The van der Waals surface area contributed by atoms with Crippen molar-refractivity contribution < 1.29 is 0 Å². The molecule has 1 heterocycles. The van der Waals surface area contributed by atoms with Gasteiger partial charge in [0.1, 0.15) is 0 Å². The van der Waals surface area contributed by atoms with E-state index < -0.39 is 0 Å². The van der Waals surface area contributed by atoms with Crippen LogP contribution in [0.15, 0.2) is 24.3 Å². The van der Waals surface area contributed by atoms with Crippen molar-refractivity contribution in [3.8, 4) is 0 Å². The predicted octanol–water partition coefficient (Wildman–Crippen LogP) is 4.18. The number of fused-ring (bicyclic) bond motifs is 3. The summed E-state index contributed by atoms with van der Waals surface area (Å²) in [5.41, 5.74) is 4.79. The van der Waals surface area contributed by atoms with E-state index in [1.54, 1.807) is 11.3 Å². The molecule has 0 radical (unpaired) electrons. The molecule has 21 heavy (non-hydrogen) atoms. The predicted molar refractivity (Wildman–Crippen MR) is 88.9 cm³/mol. The SMILES string of the molecule is CN(C)C1CCc2c(c3ccccc3n2C2CCCC2)C1. The minimum absolute atomic E-state index is 0.709. The molecule has 0 N–H and O–H groups in total. The van der Waals surface area contributed by atoms with Crippen LogP contribution in [0.2, 0.25) is 0 Å². The van der Waals surface area contributed by atoms with Crippen molar-refractivity contribution in [1.29, 1.82) is 0 Å². The van der Waals surface area contributed by atoms with E-state index >= 15 is 0 Å². The molecule has 0 bridgehead atoms. The topological polar surface area (TPSA) is 8.17 Å². The molecule has 1 atom stereocenters. The Balaban J connectivity index is 1.87. The molecule has 1 saturated carbocycles. The number of para-hydroxylation sites is 1. The van der Waals surface area contributed by atoms with Gasteiger partial charge in [0.05, 0.1) is 0 Å². The highest BCUT2D eigenvalue weighted by Crippen LogP contribution is 2.40. The minimum Gasteiger partial charge on any atom is -0.341 e. The highest BCUT2D eigenvalue weighted by molar-refractivity contribution is 5.86. The van der Waals surface area contributed by atoms with Gasteiger partial charge in [-0.25, -0.2) is 0 Å². The summed E-state index contributed by atoms with van der Waals surface area (Å²) < 4.78 is 2.73. The first kappa shape index (κ1) is 13.4. The van der Waals surface area contributed by atoms with Gasteiger partial charge in [-0.3, -0.25) is 0 Å². The zero-order valence-corrected chi connectivity index (χ0v) is 13.3. The van der Waals surface area contributed by atoms with Gasteiger partial charge in [0, 0.05) is 28.7 Å². The zero-order valence-electron chi connectivity index (χ0n) is 13.3. The molecule has 0 amide bonds. The van der Waals surface area contributed by atoms with E-state index in [9.17, 15) is 0 Å². The number of hydrogen-bond donors (Lipinski definition) is 0. The van der Waals surface area contributed by atoms with Crippen molar-refractivity contribution in [3.05, 3.63) is 35.5 Å². The third kappa shape index (κ3) is 2.12. The molecule has 1 fully saturated rings. The van der Waals surface area contributed by atoms with Gasteiger partial charge in [-0.05, 0) is 57.8 Å². The molecule has 0 saturated heterocycles. The first-order valence-electron chi connectivity index (χ1n) is 8.53. The van der Waals surface area contributed by atoms with Gasteiger partial charge < -0.3 is 9.47 Å². The molecular weight excluding hydrogens is 256 g/mol. The smallest absolute Gasteiger partial charge is 0.0488 e. The monoisotopic (exact) mass is 282 g/mol. The first-order chi connectivity index (χ1) is 10.3. The second-order valence-corrected chi connectivity index (χ2v) is 7.11. The summed E-state index contributed by atoms with van der Waals surface area (Å²) in [6.45, 7) is 0. The summed E-state index contributed by atoms with van der Waals surface area (Å²) in [5, 5.41) is 1.52. The maximum absolute atomic E-state index is 2.73. The van der Waals surface area contributed by atoms with E-state index in [0.717, 1.165) is 6.04 Å². The lowest BCUT2D eigenvalue weighted by molar-refractivity contribution is 0.265. The van der Waals surface area contributed by atoms with E-state index in [2.05, 4.69) is 47.8 Å². The Morgan fingerprint density at radius 1 is 1.05 bits per heavy atom. The standard InChI is InChI=1S/C19H26N2/c1-20(2)15-11-12-19-17(13-15)16-9-5-6-10-18(16)21(19)14-7-3-4-8-14/h5-6,9-10,14-15H,3-4,7-8,11-13H2,1-2H3. The Morgan fingerprint density at radius 2 is 1.81 bits per heavy atom. The number of benzene rings is 1. The fourth-order valence-electron chi connectivity index (χ4n) is 4.55. The largest absolute Gasteiger partial charge is 0.341 e. The zero-order chi connectivity index (χ0) is 14.4. The quantitative estimate of drug-likeness (QED) is 0.802. The van der Waals surface area contributed by atoms with Crippen LogP contribution >= 0.6 is 0 Å². The van der Waals surface area contributed by atoms with E-state index in [0.29, 0.717) is 6.04 Å². The molecule has 112 valence electrons. The van der Waals surface area contributed by atoms with Crippen LogP contribution in [0.3, 0.4) is 0 Å². The second kappa shape index (κ2) is 5.17. The number of aromatic nitrogens is 1. The van der Waals surface area contributed by atoms with Crippen LogP contribution in [0.1, 0.15) is 49.4 Å². The van der Waals surface area contributed by atoms with Crippen LogP contribution in [-0.2, 0) is 12.8 Å². The Bertz CT molecular complexity index is 647. The number of rotatable bonds is 2. The number of nitrogens with zero attached hydrogens (tertiary/aromatic N) is 2. The maximum atomic E-state index is 2.73. The van der Waals surface area contributed by atoms with Crippen LogP contribution in [-0.4, -0.2) is 29.6 Å². The van der Waals surface area contributed by atoms with Crippen LogP contribution in [0, 0.1) is 0 Å². The van der Waals surface area contributed by atoms with Gasteiger partial charge >= 0.3 is 0 Å². The van der Waals surface area contributed by atoms with Crippen molar-refractivity contribution in [2.45, 2.75) is 57.0 Å². The molecule has 1 aromatic heterocycles. The fraction of sp³-hybridized carbons (Fsp3) is 0.579. The van der Waals surface area contributed by atoms with Gasteiger partial charge in [0.15, 0.2) is 0 Å². The number of hydrogen-bond acceptors (Lipinski definition) is 1. The highest BCUT2D eigenvalue weighted by atomic mass is 15.1. The van der Waals surface area contributed by atoms with Crippen molar-refractivity contribution in [2.75, 3.05) is 14.1 Å². The van der Waals surface area contributed by atoms with E-state index in [4.69, 9.17) is 0 Å². The fourth-order valence-corrected chi connectivity index (χ4v) is 4.55. The molecule has 2 aliphatic carbocycles. The molecular formula is C19H26N2. The van der Waals surface area contributed by atoms with Gasteiger partial charge in [-0.1, -0.05) is 31.0 Å². The van der Waals surface area contributed by atoms with Gasteiger partial charge in [-0.15, -0.1) is 0 Å². The van der Waals surface area contributed by atoms with Crippen molar-refractivity contribution in [2.24, 2.45) is 0 Å². The average Bonchev–Trinajstić information content (AvgIpc) is 3.11. The highest BCUT2D eigenvalue weighted by Gasteiger charge is 2.29. The summed E-state index contributed by atoms with van der Waals surface area (Å²) in [7, 11) is 4.46. The molecule has 2 heteroatoms. The maximum Gasteiger partial charge on any atom is 0.0488 e. The van der Waals surface area contributed by atoms with E-state index in [-0.39, 0.29) is 0 Å².